The van der Waals surface area contributed by atoms with Crippen LogP contribution in [0.2, 0.25) is 0 Å². The van der Waals surface area contributed by atoms with Crippen molar-refractivity contribution in [1.29, 1.82) is 0 Å². The number of aromatic nitrogens is 1. The molecule has 0 spiro atoms. The molecule has 0 atom stereocenters. The first kappa shape index (κ1) is 17.0. The molecular weight excluding hydrogens is 322 g/mol. The second kappa shape index (κ2) is 8.30. The van der Waals surface area contributed by atoms with E-state index in [0.717, 1.165) is 49.0 Å². The molecule has 1 aliphatic heterocycles. The van der Waals surface area contributed by atoms with Crippen molar-refractivity contribution in [3.63, 3.8) is 0 Å². The van der Waals surface area contributed by atoms with Gasteiger partial charge in [-0.2, -0.15) is 0 Å². The van der Waals surface area contributed by atoms with Crippen LogP contribution in [-0.4, -0.2) is 29.0 Å². The van der Waals surface area contributed by atoms with E-state index in [2.05, 4.69) is 51.6 Å². The van der Waals surface area contributed by atoms with Gasteiger partial charge in [-0.1, -0.05) is 36.4 Å². The lowest BCUT2D eigenvalue weighted by Gasteiger charge is -2.32. The Morgan fingerprint density at radius 3 is 2.54 bits per heavy atom. The first-order chi connectivity index (χ1) is 12.9. The molecule has 1 aromatic carbocycles. The highest BCUT2D eigenvalue weighted by molar-refractivity contribution is 5.57. The standard InChI is InChI=1S/C22H25N3O/c1-2-6-18(7-3-1)22-10-9-21(26-22)16-24-19-11-14-25(15-12-19)17-20-8-4-5-13-23-20/h1-10,13,19,24H,11-12,14-17H2. The predicted molar refractivity (Wildman–Crippen MR) is 104 cm³/mol. The fraction of sp³-hybridized carbons (Fsp3) is 0.318. The highest BCUT2D eigenvalue weighted by Crippen LogP contribution is 2.22. The second-order valence-electron chi connectivity index (χ2n) is 6.88. The molecule has 0 radical (unpaired) electrons. The summed E-state index contributed by atoms with van der Waals surface area (Å²) in [7, 11) is 0. The maximum Gasteiger partial charge on any atom is 0.134 e. The van der Waals surface area contributed by atoms with E-state index in [-0.39, 0.29) is 0 Å². The Labute approximate surface area is 154 Å². The highest BCUT2D eigenvalue weighted by Gasteiger charge is 2.19. The number of nitrogens with zero attached hydrogens (tertiary/aromatic N) is 2. The first-order valence-corrected chi connectivity index (χ1v) is 9.36. The lowest BCUT2D eigenvalue weighted by atomic mass is 10.0. The summed E-state index contributed by atoms with van der Waals surface area (Å²) in [6.45, 7) is 3.97. The summed E-state index contributed by atoms with van der Waals surface area (Å²) in [5, 5.41) is 3.65. The summed E-state index contributed by atoms with van der Waals surface area (Å²) in [6.07, 6.45) is 4.20. The van der Waals surface area contributed by atoms with Gasteiger partial charge in [0.15, 0.2) is 0 Å². The number of benzene rings is 1. The molecule has 3 heterocycles. The van der Waals surface area contributed by atoms with E-state index >= 15 is 0 Å². The zero-order valence-corrected chi connectivity index (χ0v) is 15.0. The number of nitrogens with one attached hydrogen (secondary N) is 1. The maximum absolute atomic E-state index is 5.98. The van der Waals surface area contributed by atoms with Crippen LogP contribution in [0.4, 0.5) is 0 Å². The molecule has 3 aromatic rings. The van der Waals surface area contributed by atoms with Crippen molar-refractivity contribution in [2.45, 2.75) is 32.0 Å². The van der Waals surface area contributed by atoms with Crippen molar-refractivity contribution in [2.24, 2.45) is 0 Å². The van der Waals surface area contributed by atoms with Gasteiger partial charge in [0, 0.05) is 37.4 Å². The summed E-state index contributed by atoms with van der Waals surface area (Å²) in [5.74, 6) is 1.94. The second-order valence-corrected chi connectivity index (χ2v) is 6.88. The molecule has 26 heavy (non-hydrogen) atoms. The third-order valence-electron chi connectivity index (χ3n) is 4.98. The topological polar surface area (TPSA) is 41.3 Å². The van der Waals surface area contributed by atoms with E-state index < -0.39 is 0 Å². The smallest absolute Gasteiger partial charge is 0.134 e. The summed E-state index contributed by atoms with van der Waals surface area (Å²) >= 11 is 0. The fourth-order valence-corrected chi connectivity index (χ4v) is 3.49. The third-order valence-corrected chi connectivity index (χ3v) is 4.98. The van der Waals surface area contributed by atoms with Crippen LogP contribution in [0.25, 0.3) is 11.3 Å². The minimum Gasteiger partial charge on any atom is -0.460 e. The summed E-state index contributed by atoms with van der Waals surface area (Å²) in [5.41, 5.74) is 2.28. The third kappa shape index (κ3) is 4.40. The molecule has 1 saturated heterocycles. The summed E-state index contributed by atoms with van der Waals surface area (Å²) in [6, 6.07) is 21.1. The first-order valence-electron chi connectivity index (χ1n) is 9.36. The van der Waals surface area contributed by atoms with Gasteiger partial charge in [0.25, 0.3) is 0 Å². The van der Waals surface area contributed by atoms with Gasteiger partial charge in [-0.25, -0.2) is 0 Å². The number of likely N-dealkylation sites (tertiary alicyclic amines) is 1. The molecule has 2 aromatic heterocycles. The van der Waals surface area contributed by atoms with Crippen LogP contribution in [-0.2, 0) is 13.1 Å². The fourth-order valence-electron chi connectivity index (χ4n) is 3.49. The van der Waals surface area contributed by atoms with Crippen molar-refractivity contribution >= 4 is 0 Å². The Kier molecular flexibility index (Phi) is 5.43. The lowest BCUT2D eigenvalue weighted by Crippen LogP contribution is -2.41. The normalized spacial score (nSPS) is 16.0. The molecule has 0 unspecified atom stereocenters. The van der Waals surface area contributed by atoms with Gasteiger partial charge in [-0.05, 0) is 37.1 Å². The number of hydrogen-bond acceptors (Lipinski definition) is 4. The molecule has 134 valence electrons. The van der Waals surface area contributed by atoms with Crippen LogP contribution < -0.4 is 5.32 Å². The Hall–Kier alpha value is -2.43. The maximum atomic E-state index is 5.98. The SMILES string of the molecule is c1ccc(-c2ccc(CNC3CCN(Cc4ccccn4)CC3)o2)cc1. The highest BCUT2D eigenvalue weighted by atomic mass is 16.3. The van der Waals surface area contributed by atoms with Crippen LogP contribution in [0.3, 0.4) is 0 Å². The van der Waals surface area contributed by atoms with E-state index in [1.165, 1.54) is 12.8 Å². The van der Waals surface area contributed by atoms with E-state index in [1.807, 2.05) is 30.5 Å². The molecule has 4 heteroatoms. The van der Waals surface area contributed by atoms with Gasteiger partial charge in [-0.3, -0.25) is 9.88 Å². The number of hydrogen-bond donors (Lipinski definition) is 1. The van der Waals surface area contributed by atoms with Gasteiger partial charge in [0.1, 0.15) is 11.5 Å². The monoisotopic (exact) mass is 347 g/mol. The number of rotatable bonds is 6. The Balaban J connectivity index is 1.23. The zero-order valence-electron chi connectivity index (χ0n) is 15.0. The van der Waals surface area contributed by atoms with Crippen molar-refractivity contribution in [3.05, 3.63) is 78.3 Å². The minimum absolute atomic E-state index is 0.556. The van der Waals surface area contributed by atoms with E-state index in [1.54, 1.807) is 0 Å². The van der Waals surface area contributed by atoms with Crippen molar-refractivity contribution < 1.29 is 4.42 Å². The van der Waals surface area contributed by atoms with Crippen molar-refractivity contribution in [2.75, 3.05) is 13.1 Å². The molecule has 0 amide bonds. The van der Waals surface area contributed by atoms with Crippen LogP contribution in [0.1, 0.15) is 24.3 Å². The number of furan rings is 1. The van der Waals surface area contributed by atoms with Crippen LogP contribution in [0, 0.1) is 0 Å². The average Bonchev–Trinajstić information content (AvgIpc) is 3.18. The van der Waals surface area contributed by atoms with E-state index in [0.29, 0.717) is 6.04 Å². The minimum atomic E-state index is 0.556. The molecule has 0 bridgehead atoms. The molecule has 1 fully saturated rings. The Morgan fingerprint density at radius 1 is 0.962 bits per heavy atom. The van der Waals surface area contributed by atoms with Crippen LogP contribution >= 0.6 is 0 Å². The summed E-state index contributed by atoms with van der Waals surface area (Å²) < 4.78 is 5.98. The molecule has 1 aliphatic rings. The molecule has 4 nitrogen and oxygen atoms in total. The van der Waals surface area contributed by atoms with Gasteiger partial charge < -0.3 is 9.73 Å². The Morgan fingerprint density at radius 2 is 1.77 bits per heavy atom. The Bertz CT molecular complexity index is 793. The molecule has 1 N–H and O–H groups in total. The van der Waals surface area contributed by atoms with Gasteiger partial charge in [-0.15, -0.1) is 0 Å². The predicted octanol–water partition coefficient (Wildman–Crippen LogP) is 4.10. The largest absolute Gasteiger partial charge is 0.460 e. The number of pyridine rings is 1. The number of piperidine rings is 1. The van der Waals surface area contributed by atoms with Crippen molar-refractivity contribution in [3.8, 4) is 11.3 Å². The molecular formula is C22H25N3O. The van der Waals surface area contributed by atoms with Gasteiger partial charge in [0.05, 0.1) is 12.2 Å². The van der Waals surface area contributed by atoms with Crippen LogP contribution in [0.5, 0.6) is 0 Å². The quantitative estimate of drug-likeness (QED) is 0.729. The van der Waals surface area contributed by atoms with Gasteiger partial charge in [0.2, 0.25) is 0 Å². The molecule has 0 aliphatic carbocycles. The molecule has 0 saturated carbocycles. The molecule has 4 rings (SSSR count). The van der Waals surface area contributed by atoms with E-state index in [4.69, 9.17) is 4.42 Å². The zero-order chi connectivity index (χ0) is 17.6. The van der Waals surface area contributed by atoms with Crippen molar-refractivity contribution in [1.82, 2.24) is 15.2 Å². The summed E-state index contributed by atoms with van der Waals surface area (Å²) in [4.78, 5) is 6.91. The average molecular weight is 347 g/mol. The van der Waals surface area contributed by atoms with Gasteiger partial charge >= 0.3 is 0 Å². The lowest BCUT2D eigenvalue weighted by molar-refractivity contribution is 0.187. The van der Waals surface area contributed by atoms with Crippen LogP contribution in [0.15, 0.2) is 71.3 Å². The van der Waals surface area contributed by atoms with E-state index in [9.17, 15) is 0 Å².